The second-order valence-corrected chi connectivity index (χ2v) is 18.4. The van der Waals surface area contributed by atoms with Crippen molar-refractivity contribution in [3.05, 3.63) is 123 Å². The van der Waals surface area contributed by atoms with Crippen LogP contribution >= 0.6 is 7.92 Å². The van der Waals surface area contributed by atoms with E-state index < -0.39 is 7.92 Å². The van der Waals surface area contributed by atoms with E-state index in [0.717, 1.165) is 5.39 Å². The number of para-hydroxylation sites is 2. The van der Waals surface area contributed by atoms with Gasteiger partial charge >= 0.3 is 0 Å². The topological polar surface area (TPSA) is 23.8 Å². The molecular formula is C45H58CuN3P. The predicted molar refractivity (Wildman–Crippen MR) is 225 cm³/mol. The second-order valence-electron chi connectivity index (χ2n) is 15.3. The Morgan fingerprint density at radius 3 is 1.28 bits per heavy atom. The summed E-state index contributed by atoms with van der Waals surface area (Å²) in [5.74, 6) is 0. The summed E-state index contributed by atoms with van der Waals surface area (Å²) >= 11 is 0. The van der Waals surface area contributed by atoms with E-state index in [0.29, 0.717) is 44.5 Å². The maximum atomic E-state index is 8.01. The first-order valence-corrected chi connectivity index (χ1v) is 19.6. The fraction of sp³-hybridized carbons (Fsp3) is 0.333. The molecule has 0 spiro atoms. The molecule has 0 saturated heterocycles. The number of nitrogens with one attached hydrogen (secondary N) is 1. The van der Waals surface area contributed by atoms with E-state index in [2.05, 4.69) is 160 Å². The van der Waals surface area contributed by atoms with E-state index in [1.807, 2.05) is 12.1 Å². The quantitative estimate of drug-likeness (QED) is 0.0464. The van der Waals surface area contributed by atoms with Gasteiger partial charge in [-0.3, -0.25) is 0 Å². The van der Waals surface area contributed by atoms with Crippen LogP contribution in [0.15, 0.2) is 103 Å². The third-order valence-corrected chi connectivity index (χ3v) is 14.2. The van der Waals surface area contributed by atoms with Gasteiger partial charge in [0.2, 0.25) is 0 Å². The molecule has 5 heteroatoms. The normalized spacial score (nSPS) is 12.6. The smallest absolute Gasteiger partial charge is 0.155 e. The first-order chi connectivity index (χ1) is 23.1. The van der Waals surface area contributed by atoms with Crippen LogP contribution in [0.2, 0.25) is 0 Å². The summed E-state index contributed by atoms with van der Waals surface area (Å²) in [6.07, 6.45) is 0. The summed E-state index contributed by atoms with van der Waals surface area (Å²) in [6, 6.07) is 38.6. The van der Waals surface area contributed by atoms with E-state index >= 15 is 0 Å². The van der Waals surface area contributed by atoms with Crippen LogP contribution in [0.4, 0.5) is 17.1 Å². The molecule has 50 heavy (non-hydrogen) atoms. The monoisotopic (exact) mass is 734 g/mol. The number of rotatable bonds is 9. The molecule has 1 radical (unpaired) electrons. The summed E-state index contributed by atoms with van der Waals surface area (Å²) in [4.78, 5) is 0. The number of hydrogen-bond donors (Lipinski definition) is 0. The molecule has 0 aromatic heterocycles. The molecule has 0 aliphatic carbocycles. The number of nitrogens with zero attached hydrogens (tertiary/aromatic N) is 2. The maximum absolute atomic E-state index is 8.01. The minimum Gasteiger partial charge on any atom is -0.698 e. The summed E-state index contributed by atoms with van der Waals surface area (Å²) in [6.45, 7) is 23.2. The van der Waals surface area contributed by atoms with Crippen molar-refractivity contribution in [1.82, 2.24) is 8.97 Å². The van der Waals surface area contributed by atoms with E-state index in [1.165, 1.54) is 48.9 Å². The van der Waals surface area contributed by atoms with Crippen LogP contribution in [0.1, 0.15) is 69.2 Å². The molecule has 0 aliphatic rings. The fourth-order valence-corrected chi connectivity index (χ4v) is 11.2. The number of quaternary nitrogens is 2. The van der Waals surface area contributed by atoms with Crippen LogP contribution in [0.3, 0.4) is 0 Å². The van der Waals surface area contributed by atoms with Gasteiger partial charge in [0.15, 0.2) is 10.6 Å². The molecule has 6 aromatic rings. The van der Waals surface area contributed by atoms with Gasteiger partial charge in [0.25, 0.3) is 0 Å². The summed E-state index contributed by atoms with van der Waals surface area (Å²) < 4.78 is 1.41. The average molecular weight is 736 g/mol. The van der Waals surface area contributed by atoms with Crippen LogP contribution in [-0.2, 0) is 17.1 Å². The molecular weight excluding hydrogens is 677 g/mol. The molecule has 0 saturated carbocycles. The molecule has 0 fully saturated rings. The van der Waals surface area contributed by atoms with E-state index in [1.54, 1.807) is 0 Å². The van der Waals surface area contributed by atoms with E-state index in [4.69, 9.17) is 19.8 Å². The Morgan fingerprint density at radius 2 is 0.860 bits per heavy atom. The Hall–Kier alpha value is -2.97. The van der Waals surface area contributed by atoms with Crippen molar-refractivity contribution in [3.63, 3.8) is 0 Å². The van der Waals surface area contributed by atoms with Gasteiger partial charge in [0.1, 0.15) is 11.4 Å². The molecule has 0 bridgehead atoms. The van der Waals surface area contributed by atoms with Gasteiger partial charge in [0.05, 0.1) is 37.7 Å². The Balaban J connectivity index is 0.000000259. The van der Waals surface area contributed by atoms with Gasteiger partial charge in [-0.25, -0.2) is 0 Å². The van der Waals surface area contributed by atoms with Gasteiger partial charge in [0, 0.05) is 29.2 Å². The fourth-order valence-electron chi connectivity index (χ4n) is 7.94. The molecule has 0 heterocycles. The molecule has 3 nitrogen and oxygen atoms in total. The van der Waals surface area contributed by atoms with Crippen molar-refractivity contribution in [2.45, 2.75) is 99.1 Å². The summed E-state index contributed by atoms with van der Waals surface area (Å²) in [7, 11) is 8.52. The van der Waals surface area contributed by atoms with Gasteiger partial charge in [-0.15, -0.1) is 19.8 Å². The first-order valence-electron chi connectivity index (χ1n) is 18.1. The Labute approximate surface area is 314 Å². The minimum absolute atomic E-state index is 0. The van der Waals surface area contributed by atoms with Gasteiger partial charge in [-0.2, -0.15) is 0 Å². The third-order valence-electron chi connectivity index (χ3n) is 11.1. The van der Waals surface area contributed by atoms with E-state index in [9.17, 15) is 0 Å². The summed E-state index contributed by atoms with van der Waals surface area (Å²) in [5.41, 5.74) is 11.9. The Kier molecular flexibility index (Phi) is 12.5. The van der Waals surface area contributed by atoms with Crippen molar-refractivity contribution < 1.29 is 17.1 Å². The Bertz CT molecular complexity index is 1930. The summed E-state index contributed by atoms with van der Waals surface area (Å²) in [5, 5.41) is 10.3. The zero-order valence-corrected chi connectivity index (χ0v) is 33.8. The molecule has 0 amide bonds. The molecule has 0 aliphatic heterocycles. The predicted octanol–water partition coefficient (Wildman–Crippen LogP) is 12.4. The number of hydrogen-bond acceptors (Lipinski definition) is 0. The van der Waals surface area contributed by atoms with Crippen molar-refractivity contribution in [2.75, 3.05) is 0 Å². The minimum atomic E-state index is -1.08. The average Bonchev–Trinajstić information content (AvgIpc) is 3.07. The molecule has 6 rings (SSSR count). The van der Waals surface area contributed by atoms with E-state index in [-0.39, 0.29) is 17.1 Å². The van der Waals surface area contributed by atoms with Crippen molar-refractivity contribution in [2.24, 2.45) is 0 Å². The molecule has 269 valence electrons. The third kappa shape index (κ3) is 6.96. The van der Waals surface area contributed by atoms with Crippen molar-refractivity contribution >= 4 is 67.9 Å². The second kappa shape index (κ2) is 15.7. The van der Waals surface area contributed by atoms with Crippen LogP contribution in [0.25, 0.3) is 38.1 Å². The molecule has 0 atom stereocenters. The van der Waals surface area contributed by atoms with Gasteiger partial charge < -0.3 is 14.7 Å². The zero-order valence-electron chi connectivity index (χ0n) is 31.8. The maximum Gasteiger partial charge on any atom is 0.155 e. The molecule has 6 aromatic carbocycles. The van der Waals surface area contributed by atoms with Crippen LogP contribution in [0.5, 0.6) is 0 Å². The zero-order chi connectivity index (χ0) is 35.8. The Morgan fingerprint density at radius 1 is 0.480 bits per heavy atom. The standard InChI is InChI=1S/C29H47N2P.C16H10N.Cu/c1-21(2)30(11,22(3)4)26-17-13-15-19-28(26)32(25(9)10)29-20-16-14-18-27(29)31(12,23(5)6)24(7)8;17-14-9-7-12-5-4-10-2-1-3-11-6-8-13(14)16(12)15(10)11;/h13-25H,11-12H2,1-10H3;1-9,17H;/q;-1;/p+1. The van der Waals surface area contributed by atoms with Crippen molar-refractivity contribution in [3.8, 4) is 0 Å². The first kappa shape index (κ1) is 39.8. The van der Waals surface area contributed by atoms with Crippen LogP contribution in [-0.4, -0.2) is 29.8 Å². The van der Waals surface area contributed by atoms with Crippen molar-refractivity contribution in [1.29, 1.82) is 0 Å². The number of benzene rings is 6. The van der Waals surface area contributed by atoms with Crippen LogP contribution < -0.4 is 19.6 Å². The largest absolute Gasteiger partial charge is 0.698 e. The molecule has 0 unspecified atom stereocenters. The van der Waals surface area contributed by atoms with Gasteiger partial charge in [-0.1, -0.05) is 78.9 Å². The molecule has 1 N–H and O–H groups in total. The SMILES string of the molecule is [CH2-][N+](c1ccccc1[PH+](c1ccccc1[N+]([CH2-])(C(C)C)C(C)C)C(C)C)(C(C)C)C(C)C.[Cu].[NH-]c1ccc2ccc3cccc4ccc1c2c34. The van der Waals surface area contributed by atoms with Crippen LogP contribution in [0, 0.1) is 14.1 Å². The van der Waals surface area contributed by atoms with Gasteiger partial charge in [-0.05, 0) is 114 Å².